The number of carbonyl (C=O) groups excluding carboxylic acids is 1. The predicted octanol–water partition coefficient (Wildman–Crippen LogP) is 4.31. The van der Waals surface area contributed by atoms with Crippen molar-refractivity contribution in [1.29, 1.82) is 0 Å². The lowest BCUT2D eigenvalue weighted by Crippen LogP contribution is -2.28. The van der Waals surface area contributed by atoms with Crippen LogP contribution in [0.4, 0.5) is 5.69 Å². The molecular formula is C14H17Cl2NO2. The summed E-state index contributed by atoms with van der Waals surface area (Å²) in [6, 6.07) is 3.01. The number of rotatable bonds is 2. The number of ether oxygens (including phenoxy) is 1. The van der Waals surface area contributed by atoms with Gasteiger partial charge in [0, 0.05) is 5.02 Å². The molecule has 2 unspecified atom stereocenters. The standard InChI is InChI=1S/C14H17Cl2NO2/c1-8-4-2-3-5-12(8)19-14(18)10-6-9(15)7-11(16)13(10)17/h6-8,12H,2-5,17H2,1H3. The Morgan fingerprint density at radius 2 is 2.00 bits per heavy atom. The van der Waals surface area contributed by atoms with Gasteiger partial charge >= 0.3 is 5.97 Å². The normalized spacial score (nSPS) is 23.1. The second kappa shape index (κ2) is 6.02. The molecule has 1 aromatic rings. The van der Waals surface area contributed by atoms with Gasteiger partial charge in [-0.3, -0.25) is 0 Å². The summed E-state index contributed by atoms with van der Waals surface area (Å²) in [5.74, 6) is -0.0609. The minimum Gasteiger partial charge on any atom is -0.458 e. The first-order chi connectivity index (χ1) is 8.99. The Hall–Kier alpha value is -0.930. The van der Waals surface area contributed by atoms with Crippen molar-refractivity contribution >= 4 is 34.9 Å². The van der Waals surface area contributed by atoms with Crippen molar-refractivity contribution in [3.63, 3.8) is 0 Å². The van der Waals surface area contributed by atoms with E-state index in [0.717, 1.165) is 19.3 Å². The Morgan fingerprint density at radius 1 is 1.32 bits per heavy atom. The number of esters is 1. The van der Waals surface area contributed by atoms with Crippen LogP contribution in [0, 0.1) is 5.92 Å². The third kappa shape index (κ3) is 3.34. The fourth-order valence-electron chi connectivity index (χ4n) is 2.41. The van der Waals surface area contributed by atoms with Gasteiger partial charge < -0.3 is 10.5 Å². The number of hydrogen-bond donors (Lipinski definition) is 1. The molecule has 0 heterocycles. The van der Waals surface area contributed by atoms with Crippen LogP contribution in [0.2, 0.25) is 10.0 Å². The summed E-state index contributed by atoms with van der Waals surface area (Å²) in [6.45, 7) is 2.10. The van der Waals surface area contributed by atoms with E-state index in [0.29, 0.717) is 10.9 Å². The Morgan fingerprint density at radius 3 is 2.68 bits per heavy atom. The van der Waals surface area contributed by atoms with Crippen LogP contribution in [0.3, 0.4) is 0 Å². The van der Waals surface area contributed by atoms with E-state index in [2.05, 4.69) is 6.92 Å². The zero-order valence-electron chi connectivity index (χ0n) is 10.8. The first-order valence-corrected chi connectivity index (χ1v) is 7.20. The second-order valence-corrected chi connectivity index (χ2v) is 5.90. The van der Waals surface area contributed by atoms with Crippen LogP contribution >= 0.6 is 23.2 Å². The van der Waals surface area contributed by atoms with Crippen LogP contribution in [0.15, 0.2) is 12.1 Å². The summed E-state index contributed by atoms with van der Waals surface area (Å²) in [4.78, 5) is 12.2. The molecule has 1 fully saturated rings. The van der Waals surface area contributed by atoms with E-state index < -0.39 is 5.97 Å². The van der Waals surface area contributed by atoms with Crippen LogP contribution in [0.1, 0.15) is 43.0 Å². The zero-order valence-corrected chi connectivity index (χ0v) is 12.3. The van der Waals surface area contributed by atoms with Crippen LogP contribution < -0.4 is 5.73 Å². The van der Waals surface area contributed by atoms with Crippen molar-refractivity contribution in [3.8, 4) is 0 Å². The number of nitrogen functional groups attached to an aromatic ring is 1. The maximum atomic E-state index is 12.2. The topological polar surface area (TPSA) is 52.3 Å². The van der Waals surface area contributed by atoms with Crippen molar-refractivity contribution in [2.45, 2.75) is 38.7 Å². The summed E-state index contributed by atoms with van der Waals surface area (Å²) in [5, 5.41) is 0.652. The molecule has 5 heteroatoms. The van der Waals surface area contributed by atoms with Gasteiger partial charge in [0.1, 0.15) is 6.10 Å². The minimum absolute atomic E-state index is 0.0431. The van der Waals surface area contributed by atoms with E-state index in [9.17, 15) is 4.79 Å². The van der Waals surface area contributed by atoms with E-state index in [1.165, 1.54) is 18.6 Å². The molecule has 0 aliphatic heterocycles. The molecule has 1 aliphatic rings. The van der Waals surface area contributed by atoms with Crippen molar-refractivity contribution < 1.29 is 9.53 Å². The Labute approximate surface area is 123 Å². The molecule has 0 aromatic heterocycles. The van der Waals surface area contributed by atoms with E-state index in [-0.39, 0.29) is 22.4 Å². The summed E-state index contributed by atoms with van der Waals surface area (Å²) in [5.41, 5.74) is 6.27. The van der Waals surface area contributed by atoms with Crippen LogP contribution in [0.25, 0.3) is 0 Å². The molecule has 104 valence electrons. The van der Waals surface area contributed by atoms with Gasteiger partial charge in [0.05, 0.1) is 16.3 Å². The number of nitrogens with two attached hydrogens (primary N) is 1. The molecule has 0 saturated heterocycles. The van der Waals surface area contributed by atoms with Gasteiger partial charge in [0.25, 0.3) is 0 Å². The molecule has 19 heavy (non-hydrogen) atoms. The molecule has 1 saturated carbocycles. The molecule has 1 aromatic carbocycles. The molecule has 1 aliphatic carbocycles. The Bertz CT molecular complexity index is 491. The molecule has 3 nitrogen and oxygen atoms in total. The highest BCUT2D eigenvalue weighted by Gasteiger charge is 2.26. The van der Waals surface area contributed by atoms with E-state index in [1.54, 1.807) is 0 Å². The highest BCUT2D eigenvalue weighted by Crippen LogP contribution is 2.31. The van der Waals surface area contributed by atoms with Crippen LogP contribution in [-0.2, 0) is 4.74 Å². The molecular weight excluding hydrogens is 285 g/mol. The SMILES string of the molecule is CC1CCCCC1OC(=O)c1cc(Cl)cc(Cl)c1N. The monoisotopic (exact) mass is 301 g/mol. The van der Waals surface area contributed by atoms with Crippen molar-refractivity contribution in [2.75, 3.05) is 5.73 Å². The Kier molecular flexibility index (Phi) is 4.58. The molecule has 2 rings (SSSR count). The maximum absolute atomic E-state index is 12.2. The van der Waals surface area contributed by atoms with E-state index in [4.69, 9.17) is 33.7 Å². The lowest BCUT2D eigenvalue weighted by Gasteiger charge is -2.28. The molecule has 0 radical (unpaired) electrons. The third-order valence-corrected chi connectivity index (χ3v) is 4.14. The summed E-state index contributed by atoms with van der Waals surface area (Å²) in [6.07, 6.45) is 4.23. The van der Waals surface area contributed by atoms with Crippen LogP contribution in [0.5, 0.6) is 0 Å². The van der Waals surface area contributed by atoms with Gasteiger partial charge in [-0.2, -0.15) is 0 Å². The van der Waals surface area contributed by atoms with Gasteiger partial charge in [-0.1, -0.05) is 36.5 Å². The fourth-order valence-corrected chi connectivity index (χ4v) is 2.91. The fraction of sp³-hybridized carbons (Fsp3) is 0.500. The molecule has 2 atom stereocenters. The Balaban J connectivity index is 2.15. The van der Waals surface area contributed by atoms with Crippen molar-refractivity contribution in [2.24, 2.45) is 5.92 Å². The zero-order chi connectivity index (χ0) is 14.0. The van der Waals surface area contributed by atoms with Crippen LogP contribution in [-0.4, -0.2) is 12.1 Å². The highest BCUT2D eigenvalue weighted by molar-refractivity contribution is 6.37. The first kappa shape index (κ1) is 14.5. The number of halogens is 2. The van der Waals surface area contributed by atoms with Gasteiger partial charge in [-0.15, -0.1) is 0 Å². The quantitative estimate of drug-likeness (QED) is 0.654. The van der Waals surface area contributed by atoms with Gasteiger partial charge in [-0.25, -0.2) is 4.79 Å². The largest absolute Gasteiger partial charge is 0.458 e. The molecule has 0 bridgehead atoms. The van der Waals surface area contributed by atoms with Gasteiger partial charge in [-0.05, 0) is 37.3 Å². The average Bonchev–Trinajstić information content (AvgIpc) is 2.36. The first-order valence-electron chi connectivity index (χ1n) is 6.44. The second-order valence-electron chi connectivity index (χ2n) is 5.05. The maximum Gasteiger partial charge on any atom is 0.340 e. The third-order valence-electron chi connectivity index (χ3n) is 3.61. The summed E-state index contributed by atoms with van der Waals surface area (Å²) < 4.78 is 5.54. The molecule has 2 N–H and O–H groups in total. The number of carbonyl (C=O) groups is 1. The average molecular weight is 302 g/mol. The number of anilines is 1. The highest BCUT2D eigenvalue weighted by atomic mass is 35.5. The van der Waals surface area contributed by atoms with E-state index in [1.807, 2.05) is 0 Å². The van der Waals surface area contributed by atoms with Crippen molar-refractivity contribution in [1.82, 2.24) is 0 Å². The number of hydrogen-bond acceptors (Lipinski definition) is 3. The summed E-state index contributed by atoms with van der Waals surface area (Å²) >= 11 is 11.8. The minimum atomic E-state index is -0.444. The predicted molar refractivity (Wildman–Crippen MR) is 77.7 cm³/mol. The smallest absolute Gasteiger partial charge is 0.340 e. The number of benzene rings is 1. The summed E-state index contributed by atoms with van der Waals surface area (Å²) in [7, 11) is 0. The molecule has 0 spiro atoms. The van der Waals surface area contributed by atoms with E-state index >= 15 is 0 Å². The van der Waals surface area contributed by atoms with Crippen molar-refractivity contribution in [3.05, 3.63) is 27.7 Å². The van der Waals surface area contributed by atoms with Gasteiger partial charge in [0.2, 0.25) is 0 Å². The molecule has 0 amide bonds. The lowest BCUT2D eigenvalue weighted by atomic mass is 9.88. The van der Waals surface area contributed by atoms with Gasteiger partial charge in [0.15, 0.2) is 0 Å². The lowest BCUT2D eigenvalue weighted by molar-refractivity contribution is 0.00493.